The van der Waals surface area contributed by atoms with E-state index < -0.39 is 5.41 Å². The van der Waals surface area contributed by atoms with Crippen molar-refractivity contribution in [1.82, 2.24) is 9.78 Å². The average Bonchev–Trinajstić information content (AvgIpc) is 3.21. The van der Waals surface area contributed by atoms with Crippen LogP contribution in [0.5, 0.6) is 0 Å². The first kappa shape index (κ1) is 18.6. The molecule has 0 bridgehead atoms. The molecule has 2 aliphatic carbocycles. The molecule has 3 aromatic rings. The van der Waals surface area contributed by atoms with Crippen molar-refractivity contribution in [2.24, 2.45) is 11.8 Å². The molecule has 0 N–H and O–H groups in total. The topological polar surface area (TPSA) is 58.7 Å². The van der Waals surface area contributed by atoms with Crippen molar-refractivity contribution >= 4 is 5.78 Å². The molecule has 4 nitrogen and oxygen atoms in total. The molecule has 3 unspecified atom stereocenters. The van der Waals surface area contributed by atoms with Crippen LogP contribution in [0.2, 0.25) is 0 Å². The van der Waals surface area contributed by atoms with Gasteiger partial charge in [0, 0.05) is 5.92 Å². The molecular formula is C26H23N3O. The Morgan fingerprint density at radius 2 is 1.83 bits per heavy atom. The van der Waals surface area contributed by atoms with Crippen LogP contribution in [0.15, 0.2) is 78.5 Å². The third kappa shape index (κ3) is 2.66. The summed E-state index contributed by atoms with van der Waals surface area (Å²) in [4.78, 5) is 12.9. The molecule has 30 heavy (non-hydrogen) atoms. The van der Waals surface area contributed by atoms with Gasteiger partial charge in [0.2, 0.25) is 0 Å². The Balaban J connectivity index is 1.79. The molecule has 3 atom stereocenters. The number of rotatable bonds is 3. The zero-order valence-electron chi connectivity index (χ0n) is 17.0. The number of nitrogens with zero attached hydrogens (tertiary/aromatic N) is 3. The highest BCUT2D eigenvalue weighted by Gasteiger charge is 2.53. The molecule has 0 radical (unpaired) electrons. The second-order valence-electron chi connectivity index (χ2n) is 8.36. The van der Waals surface area contributed by atoms with E-state index in [0.29, 0.717) is 6.54 Å². The van der Waals surface area contributed by atoms with Gasteiger partial charge in [0.25, 0.3) is 0 Å². The standard InChI is InChI=1S/C26H23N3O/c1-18-23-13-12-20-16-28-29(17-19-8-4-2-5-9-19)25(20)26(23,14-21(15-27)24(18)30)22-10-6-3-7-11-22/h2-11,14,16,18,23H,12-13,17H2,1H3. The molecule has 0 fully saturated rings. The number of allylic oxidation sites excluding steroid dienone is 2. The molecule has 2 aliphatic rings. The van der Waals surface area contributed by atoms with Gasteiger partial charge in [-0.1, -0.05) is 67.6 Å². The van der Waals surface area contributed by atoms with Crippen LogP contribution < -0.4 is 0 Å². The monoisotopic (exact) mass is 393 g/mol. The summed E-state index contributed by atoms with van der Waals surface area (Å²) in [5.74, 6) is -0.145. The maximum atomic E-state index is 12.9. The van der Waals surface area contributed by atoms with Crippen molar-refractivity contribution in [3.8, 4) is 6.07 Å². The first-order chi connectivity index (χ1) is 14.6. The van der Waals surface area contributed by atoms with Crippen molar-refractivity contribution in [3.63, 3.8) is 0 Å². The summed E-state index contributed by atoms with van der Waals surface area (Å²) < 4.78 is 2.08. The normalized spacial score (nSPS) is 25.1. The number of hydrogen-bond donors (Lipinski definition) is 0. The molecule has 0 saturated heterocycles. The Morgan fingerprint density at radius 1 is 1.13 bits per heavy atom. The first-order valence-corrected chi connectivity index (χ1v) is 10.5. The fraction of sp³-hybridized carbons (Fsp3) is 0.269. The molecule has 4 heteroatoms. The molecule has 2 aromatic carbocycles. The van der Waals surface area contributed by atoms with E-state index in [4.69, 9.17) is 5.10 Å². The number of aryl methyl sites for hydroxylation is 1. The zero-order valence-corrected chi connectivity index (χ0v) is 17.0. The third-order valence-electron chi connectivity index (χ3n) is 6.82. The van der Waals surface area contributed by atoms with Gasteiger partial charge in [-0.25, -0.2) is 0 Å². The van der Waals surface area contributed by atoms with E-state index in [1.165, 1.54) is 11.1 Å². The summed E-state index contributed by atoms with van der Waals surface area (Å²) in [6, 6.07) is 22.8. The van der Waals surface area contributed by atoms with Crippen molar-refractivity contribution in [1.29, 1.82) is 5.26 Å². The Hall–Kier alpha value is -3.45. The number of aromatic nitrogens is 2. The first-order valence-electron chi connectivity index (χ1n) is 10.5. The largest absolute Gasteiger partial charge is 0.293 e. The molecule has 5 rings (SSSR count). The van der Waals surface area contributed by atoms with Gasteiger partial charge in [-0.2, -0.15) is 10.4 Å². The van der Waals surface area contributed by atoms with Crippen molar-refractivity contribution in [2.75, 3.05) is 0 Å². The molecule has 1 aromatic heterocycles. The van der Waals surface area contributed by atoms with Crippen LogP contribution in [0.1, 0.15) is 35.7 Å². The smallest absolute Gasteiger partial charge is 0.176 e. The average molecular weight is 393 g/mol. The lowest BCUT2D eigenvalue weighted by atomic mass is 9.54. The van der Waals surface area contributed by atoms with Gasteiger partial charge in [0.1, 0.15) is 6.07 Å². The summed E-state index contributed by atoms with van der Waals surface area (Å²) in [6.45, 7) is 2.65. The highest BCUT2D eigenvalue weighted by molar-refractivity contribution is 6.02. The maximum Gasteiger partial charge on any atom is 0.176 e. The maximum absolute atomic E-state index is 12.9. The predicted octanol–water partition coefficient (Wildman–Crippen LogP) is 4.45. The fourth-order valence-electron chi connectivity index (χ4n) is 5.46. The quantitative estimate of drug-likeness (QED) is 0.661. The Bertz CT molecular complexity index is 1170. The molecule has 0 aliphatic heterocycles. The minimum absolute atomic E-state index is 0.0355. The zero-order chi connectivity index (χ0) is 20.7. The van der Waals surface area contributed by atoms with E-state index in [-0.39, 0.29) is 23.2 Å². The number of ketones is 1. The highest BCUT2D eigenvalue weighted by atomic mass is 16.1. The van der Waals surface area contributed by atoms with E-state index >= 15 is 0 Å². The van der Waals surface area contributed by atoms with Crippen LogP contribution >= 0.6 is 0 Å². The van der Waals surface area contributed by atoms with Crippen LogP contribution in [0, 0.1) is 23.2 Å². The lowest BCUT2D eigenvalue weighted by molar-refractivity contribution is -0.121. The van der Waals surface area contributed by atoms with Gasteiger partial charge in [0.05, 0.1) is 29.4 Å². The van der Waals surface area contributed by atoms with Crippen molar-refractivity contribution < 1.29 is 4.79 Å². The second kappa shape index (κ2) is 7.11. The minimum atomic E-state index is -0.529. The van der Waals surface area contributed by atoms with Crippen LogP contribution in [-0.2, 0) is 23.2 Å². The number of benzene rings is 2. The predicted molar refractivity (Wildman–Crippen MR) is 115 cm³/mol. The molecule has 148 valence electrons. The van der Waals surface area contributed by atoms with Crippen molar-refractivity contribution in [2.45, 2.75) is 31.7 Å². The third-order valence-corrected chi connectivity index (χ3v) is 6.82. The van der Waals surface area contributed by atoms with Gasteiger partial charge in [-0.15, -0.1) is 0 Å². The van der Waals surface area contributed by atoms with E-state index in [9.17, 15) is 10.1 Å². The Morgan fingerprint density at radius 3 is 2.53 bits per heavy atom. The van der Waals surface area contributed by atoms with Gasteiger partial charge in [-0.3, -0.25) is 9.48 Å². The number of Topliss-reactive ketones (excluding diaryl/α,β-unsaturated/α-hetero) is 1. The summed E-state index contributed by atoms with van der Waals surface area (Å²) in [5, 5.41) is 14.5. The van der Waals surface area contributed by atoms with Crippen LogP contribution in [0.25, 0.3) is 0 Å². The molecule has 0 spiro atoms. The molecule has 1 heterocycles. The Labute approximate surface area is 176 Å². The molecular weight excluding hydrogens is 370 g/mol. The van der Waals surface area contributed by atoms with E-state index in [1.807, 2.05) is 55.6 Å². The summed E-state index contributed by atoms with van der Waals surface area (Å²) in [5.41, 5.74) is 4.37. The van der Waals surface area contributed by atoms with E-state index in [1.54, 1.807) is 0 Å². The Kier molecular flexibility index (Phi) is 4.40. The van der Waals surface area contributed by atoms with Crippen LogP contribution in [-0.4, -0.2) is 15.6 Å². The number of carbonyl (C=O) groups excluding carboxylic acids is 1. The summed E-state index contributed by atoms with van der Waals surface area (Å²) >= 11 is 0. The lowest BCUT2D eigenvalue weighted by Gasteiger charge is -2.48. The van der Waals surface area contributed by atoms with Gasteiger partial charge < -0.3 is 0 Å². The van der Waals surface area contributed by atoms with Crippen LogP contribution in [0.3, 0.4) is 0 Å². The molecule has 0 saturated carbocycles. The van der Waals surface area contributed by atoms with Crippen molar-refractivity contribution in [3.05, 3.63) is 101 Å². The summed E-state index contributed by atoms with van der Waals surface area (Å²) in [7, 11) is 0. The lowest BCUT2D eigenvalue weighted by Crippen LogP contribution is -2.49. The van der Waals surface area contributed by atoms with Gasteiger partial charge in [0.15, 0.2) is 5.78 Å². The number of nitriles is 1. The number of hydrogen-bond acceptors (Lipinski definition) is 3. The van der Waals surface area contributed by atoms with Gasteiger partial charge >= 0.3 is 0 Å². The minimum Gasteiger partial charge on any atom is -0.293 e. The van der Waals surface area contributed by atoms with Gasteiger partial charge in [-0.05, 0) is 41.5 Å². The number of fused-ring (bicyclic) bond motifs is 3. The van der Waals surface area contributed by atoms with E-state index in [0.717, 1.165) is 24.1 Å². The van der Waals surface area contributed by atoms with E-state index in [2.05, 4.69) is 35.0 Å². The molecule has 0 amide bonds. The highest BCUT2D eigenvalue weighted by Crippen LogP contribution is 2.53. The van der Waals surface area contributed by atoms with Crippen LogP contribution in [0.4, 0.5) is 0 Å². The SMILES string of the molecule is CC1C(=O)C(C#N)=CC2(c3ccccc3)c3c(cnn3Cc3ccccc3)CCC12. The summed E-state index contributed by atoms with van der Waals surface area (Å²) in [6.07, 6.45) is 5.72. The second-order valence-corrected chi connectivity index (χ2v) is 8.36. The fourth-order valence-corrected chi connectivity index (χ4v) is 5.46. The number of carbonyl (C=O) groups is 1.